The minimum Gasteiger partial charge on any atom is -0.494 e. The van der Waals surface area contributed by atoms with Gasteiger partial charge in [-0.2, -0.15) is 5.26 Å². The van der Waals surface area contributed by atoms with Gasteiger partial charge in [0, 0.05) is 4.47 Å². The van der Waals surface area contributed by atoms with Crippen molar-refractivity contribution in [1.82, 2.24) is 0 Å². The summed E-state index contributed by atoms with van der Waals surface area (Å²) >= 11 is 3.36. The van der Waals surface area contributed by atoms with Gasteiger partial charge in [0.1, 0.15) is 23.3 Å². The zero-order valence-corrected chi connectivity index (χ0v) is 12.0. The van der Waals surface area contributed by atoms with E-state index >= 15 is 0 Å². The molecule has 0 atom stereocenters. The normalized spacial score (nSPS) is 9.74. The molecule has 3 nitrogen and oxygen atoms in total. The molecule has 0 saturated carbocycles. The first-order valence-electron chi connectivity index (χ1n) is 5.83. The molecule has 0 radical (unpaired) electrons. The van der Waals surface area contributed by atoms with Gasteiger partial charge in [0.2, 0.25) is 0 Å². The molecule has 0 spiro atoms. The summed E-state index contributed by atoms with van der Waals surface area (Å²) in [5, 5.41) is 9.04. The molecule has 96 valence electrons. The molecule has 2 aromatic rings. The van der Waals surface area contributed by atoms with Gasteiger partial charge in [-0.15, -0.1) is 0 Å². The second-order valence-electron chi connectivity index (χ2n) is 3.76. The predicted octanol–water partition coefficient (Wildman–Crippen LogP) is 4.51. The summed E-state index contributed by atoms with van der Waals surface area (Å²) in [5.74, 6) is 1.99. The molecule has 0 aliphatic carbocycles. The highest BCUT2D eigenvalue weighted by Gasteiger charge is 2.05. The lowest BCUT2D eigenvalue weighted by molar-refractivity contribution is 0.339. The van der Waals surface area contributed by atoms with Crippen molar-refractivity contribution >= 4 is 15.9 Å². The summed E-state index contributed by atoms with van der Waals surface area (Å²) in [6, 6.07) is 14.7. The van der Waals surface area contributed by atoms with Crippen molar-refractivity contribution in [3.05, 3.63) is 52.5 Å². The summed E-state index contributed by atoms with van der Waals surface area (Å²) < 4.78 is 11.9. The largest absolute Gasteiger partial charge is 0.494 e. The fourth-order valence-corrected chi connectivity index (χ4v) is 1.91. The second kappa shape index (κ2) is 6.26. The number of benzene rings is 2. The van der Waals surface area contributed by atoms with E-state index < -0.39 is 0 Å². The molecule has 0 aliphatic rings. The Labute approximate surface area is 120 Å². The molecule has 0 fully saturated rings. The zero-order chi connectivity index (χ0) is 13.7. The number of nitrogens with zero attached hydrogens (tertiary/aromatic N) is 1. The monoisotopic (exact) mass is 317 g/mol. The molecule has 0 amide bonds. The van der Waals surface area contributed by atoms with Gasteiger partial charge in [0.05, 0.1) is 12.2 Å². The molecular weight excluding hydrogens is 306 g/mol. The van der Waals surface area contributed by atoms with Crippen LogP contribution >= 0.6 is 15.9 Å². The van der Waals surface area contributed by atoms with E-state index in [1.807, 2.05) is 37.3 Å². The molecule has 2 aromatic carbocycles. The first kappa shape index (κ1) is 13.4. The molecule has 19 heavy (non-hydrogen) atoms. The van der Waals surface area contributed by atoms with Crippen LogP contribution in [0.1, 0.15) is 12.5 Å². The Morgan fingerprint density at radius 1 is 1.11 bits per heavy atom. The Bertz CT molecular complexity index is 603. The third-order valence-electron chi connectivity index (χ3n) is 2.43. The molecular formula is C15H12BrNO2. The number of hydrogen-bond donors (Lipinski definition) is 0. The fourth-order valence-electron chi connectivity index (χ4n) is 1.57. The minimum atomic E-state index is 0.497. The maximum absolute atomic E-state index is 9.04. The maximum Gasteiger partial charge on any atom is 0.146 e. The highest BCUT2D eigenvalue weighted by atomic mass is 79.9. The summed E-state index contributed by atoms with van der Waals surface area (Å²) in [4.78, 5) is 0. The van der Waals surface area contributed by atoms with Gasteiger partial charge in [-0.1, -0.05) is 15.9 Å². The van der Waals surface area contributed by atoms with Crippen molar-refractivity contribution in [2.24, 2.45) is 0 Å². The summed E-state index contributed by atoms with van der Waals surface area (Å²) in [5.41, 5.74) is 0.497. The van der Waals surface area contributed by atoms with Gasteiger partial charge in [0.15, 0.2) is 0 Å². The van der Waals surface area contributed by atoms with E-state index in [4.69, 9.17) is 14.7 Å². The van der Waals surface area contributed by atoms with E-state index in [2.05, 4.69) is 22.0 Å². The highest BCUT2D eigenvalue weighted by molar-refractivity contribution is 9.10. The first-order chi connectivity index (χ1) is 9.22. The van der Waals surface area contributed by atoms with E-state index in [0.29, 0.717) is 23.7 Å². The maximum atomic E-state index is 9.04. The molecule has 4 heteroatoms. The van der Waals surface area contributed by atoms with Crippen LogP contribution in [0.3, 0.4) is 0 Å². The Balaban J connectivity index is 2.21. The topological polar surface area (TPSA) is 42.2 Å². The third kappa shape index (κ3) is 3.49. The minimum absolute atomic E-state index is 0.497. The number of ether oxygens (including phenoxy) is 2. The number of nitriles is 1. The molecule has 0 aromatic heterocycles. The quantitative estimate of drug-likeness (QED) is 0.833. The smallest absolute Gasteiger partial charge is 0.146 e. The van der Waals surface area contributed by atoms with Gasteiger partial charge in [-0.05, 0) is 49.4 Å². The van der Waals surface area contributed by atoms with Gasteiger partial charge in [-0.3, -0.25) is 0 Å². The van der Waals surface area contributed by atoms with Crippen molar-refractivity contribution in [3.63, 3.8) is 0 Å². The van der Waals surface area contributed by atoms with Crippen LogP contribution in [0, 0.1) is 11.3 Å². The van der Waals surface area contributed by atoms with Crippen LogP contribution in [-0.2, 0) is 0 Å². The van der Waals surface area contributed by atoms with E-state index in [0.717, 1.165) is 10.2 Å². The first-order valence-corrected chi connectivity index (χ1v) is 6.62. The molecule has 0 saturated heterocycles. The summed E-state index contributed by atoms with van der Waals surface area (Å²) in [7, 11) is 0. The molecule has 0 aliphatic heterocycles. The Hall–Kier alpha value is -1.99. The summed E-state index contributed by atoms with van der Waals surface area (Å²) in [6.45, 7) is 2.56. The average Bonchev–Trinajstić information content (AvgIpc) is 2.42. The molecule has 0 bridgehead atoms. The lowest BCUT2D eigenvalue weighted by Gasteiger charge is -2.09. The van der Waals surface area contributed by atoms with E-state index in [1.54, 1.807) is 12.1 Å². The van der Waals surface area contributed by atoms with Crippen LogP contribution in [-0.4, -0.2) is 6.61 Å². The Kier molecular flexibility index (Phi) is 4.43. The third-order valence-corrected chi connectivity index (χ3v) is 2.92. The molecule has 0 unspecified atom stereocenters. The highest BCUT2D eigenvalue weighted by Crippen LogP contribution is 2.29. The van der Waals surface area contributed by atoms with Crippen molar-refractivity contribution in [2.45, 2.75) is 6.92 Å². The van der Waals surface area contributed by atoms with Crippen LogP contribution < -0.4 is 9.47 Å². The molecule has 0 N–H and O–H groups in total. The fraction of sp³-hybridized carbons (Fsp3) is 0.133. The van der Waals surface area contributed by atoms with Crippen LogP contribution in [0.15, 0.2) is 46.9 Å². The lowest BCUT2D eigenvalue weighted by atomic mass is 10.2. The van der Waals surface area contributed by atoms with Gasteiger partial charge >= 0.3 is 0 Å². The van der Waals surface area contributed by atoms with Crippen LogP contribution in [0.2, 0.25) is 0 Å². The van der Waals surface area contributed by atoms with Crippen LogP contribution in [0.5, 0.6) is 17.2 Å². The standard InChI is InChI=1S/C15H12BrNO2/c1-2-18-13-5-7-14(8-6-13)19-15-9-12(16)4-3-11(15)10-17/h3-9H,2H2,1H3. The number of hydrogen-bond acceptors (Lipinski definition) is 3. The number of halogens is 1. The van der Waals surface area contributed by atoms with E-state index in [-0.39, 0.29) is 0 Å². The van der Waals surface area contributed by atoms with Crippen LogP contribution in [0.25, 0.3) is 0 Å². The van der Waals surface area contributed by atoms with Crippen molar-refractivity contribution in [1.29, 1.82) is 5.26 Å². The average molecular weight is 318 g/mol. The SMILES string of the molecule is CCOc1ccc(Oc2cc(Br)ccc2C#N)cc1. The van der Waals surface area contributed by atoms with E-state index in [1.165, 1.54) is 0 Å². The van der Waals surface area contributed by atoms with Crippen LogP contribution in [0.4, 0.5) is 0 Å². The van der Waals surface area contributed by atoms with Gasteiger partial charge in [-0.25, -0.2) is 0 Å². The van der Waals surface area contributed by atoms with E-state index in [9.17, 15) is 0 Å². The second-order valence-corrected chi connectivity index (χ2v) is 4.67. The lowest BCUT2D eigenvalue weighted by Crippen LogP contribution is -1.92. The molecule has 0 heterocycles. The van der Waals surface area contributed by atoms with Crippen molar-refractivity contribution < 1.29 is 9.47 Å². The number of rotatable bonds is 4. The zero-order valence-electron chi connectivity index (χ0n) is 10.4. The van der Waals surface area contributed by atoms with Crippen molar-refractivity contribution in [3.8, 4) is 23.3 Å². The predicted molar refractivity (Wildman–Crippen MR) is 76.5 cm³/mol. The van der Waals surface area contributed by atoms with Gasteiger partial charge < -0.3 is 9.47 Å². The summed E-state index contributed by atoms with van der Waals surface area (Å²) in [6.07, 6.45) is 0. The Morgan fingerprint density at radius 3 is 2.42 bits per heavy atom. The molecule has 2 rings (SSSR count). The van der Waals surface area contributed by atoms with Gasteiger partial charge in [0.25, 0.3) is 0 Å². The Morgan fingerprint density at radius 2 is 1.79 bits per heavy atom. The van der Waals surface area contributed by atoms with Crippen molar-refractivity contribution in [2.75, 3.05) is 6.61 Å².